The third-order valence-corrected chi connectivity index (χ3v) is 13.0. The van der Waals surface area contributed by atoms with E-state index in [4.69, 9.17) is 11.5 Å². The zero-order valence-electron chi connectivity index (χ0n) is 47.7. The van der Waals surface area contributed by atoms with E-state index in [2.05, 4.69) is 20.8 Å². The van der Waals surface area contributed by atoms with E-state index in [1.54, 1.807) is 61.5 Å². The zero-order valence-corrected chi connectivity index (χ0v) is 47.7. The number of carbonyl (C=O) groups is 11. The summed E-state index contributed by atoms with van der Waals surface area (Å²) >= 11 is 0. The number of ketones is 9. The summed E-state index contributed by atoms with van der Waals surface area (Å²) in [6.45, 7) is 11.7. The molecule has 80 heavy (non-hydrogen) atoms. The largest absolute Gasteiger partial charge is 0.369 e. The Morgan fingerprint density at radius 3 is 0.863 bits per heavy atom. The van der Waals surface area contributed by atoms with Crippen LogP contribution in [0.3, 0.4) is 0 Å². The minimum absolute atomic E-state index is 0.0821. The lowest BCUT2D eigenvalue weighted by Crippen LogP contribution is -2.22. The van der Waals surface area contributed by atoms with E-state index in [-0.39, 0.29) is 82.7 Å². The summed E-state index contributed by atoms with van der Waals surface area (Å²) in [5.41, 5.74) is 17.1. The third kappa shape index (κ3) is 25.1. The summed E-state index contributed by atoms with van der Waals surface area (Å²) < 4.78 is 0. The van der Waals surface area contributed by atoms with Crippen LogP contribution in [0, 0.1) is 0 Å². The highest BCUT2D eigenvalue weighted by Crippen LogP contribution is 2.21. The van der Waals surface area contributed by atoms with Gasteiger partial charge in [-0.3, -0.25) is 52.7 Å². The summed E-state index contributed by atoms with van der Waals surface area (Å²) in [6, 6.07) is 19.6. The van der Waals surface area contributed by atoms with E-state index in [1.165, 1.54) is 60.6 Å². The number of carbonyl (C=O) groups excluding carboxylic acids is 11. The van der Waals surface area contributed by atoms with Crippen molar-refractivity contribution in [3.63, 3.8) is 0 Å². The molecule has 0 fully saturated rings. The van der Waals surface area contributed by atoms with Gasteiger partial charge in [0.25, 0.3) is 0 Å². The van der Waals surface area contributed by atoms with Crippen molar-refractivity contribution in [1.82, 2.24) is 0 Å². The molecule has 0 atom stereocenters. The molecular formula is C63H78N6O11. The Bertz CT molecular complexity index is 2830. The molecule has 17 nitrogen and oxygen atoms in total. The lowest BCUT2D eigenvalue weighted by molar-refractivity contribution is -0.119. The number of unbranched alkanes of at least 4 members (excludes halogenated alkanes) is 10. The molecule has 4 aromatic carbocycles. The lowest BCUT2D eigenvalue weighted by Gasteiger charge is -2.09. The molecule has 0 aliphatic heterocycles. The number of benzene rings is 4. The number of nitrogens with one attached hydrogen (secondary N) is 2. The normalized spacial score (nSPS) is 10.9. The van der Waals surface area contributed by atoms with Gasteiger partial charge in [0.2, 0.25) is 17.8 Å². The molecule has 2 amide bonds. The highest BCUT2D eigenvalue weighted by atomic mass is 16.2. The summed E-state index contributed by atoms with van der Waals surface area (Å²) in [7, 11) is 0. The van der Waals surface area contributed by atoms with E-state index in [1.807, 2.05) is 6.07 Å². The first-order chi connectivity index (χ1) is 37.8. The molecule has 0 radical (unpaired) electrons. The molecule has 426 valence electrons. The molecule has 6 N–H and O–H groups in total. The molecule has 0 aromatic heterocycles. The Kier molecular flexibility index (Phi) is 28.0. The van der Waals surface area contributed by atoms with Gasteiger partial charge < -0.3 is 22.1 Å². The fourth-order valence-electron chi connectivity index (χ4n) is 8.52. The highest BCUT2D eigenvalue weighted by Gasteiger charge is 2.15. The average molecular weight is 1100 g/mol. The zero-order chi connectivity index (χ0) is 59.5. The number of nitrogens with two attached hydrogens (primary N) is 2. The summed E-state index contributed by atoms with van der Waals surface area (Å²) in [4.78, 5) is 132. The summed E-state index contributed by atoms with van der Waals surface area (Å²) in [5.74, 6) is -1.38. The molecule has 17 heteroatoms. The second-order valence-electron chi connectivity index (χ2n) is 20.3. The molecule has 0 saturated carbocycles. The fraction of sp³-hybridized carbons (Fsp3) is 0.413. The smallest absolute Gasteiger partial charge is 0.224 e. The van der Waals surface area contributed by atoms with Gasteiger partial charge in [0.15, 0.2) is 40.5 Å². The number of hydrogen-bond acceptors (Lipinski definition) is 13. The monoisotopic (exact) mass is 1090 g/mol. The molecule has 0 bridgehead atoms. The molecule has 4 aromatic rings. The number of anilines is 2. The van der Waals surface area contributed by atoms with Crippen molar-refractivity contribution in [2.45, 2.75) is 171 Å². The van der Waals surface area contributed by atoms with Gasteiger partial charge in [-0.25, -0.2) is 0 Å². The number of nitrogens with zero attached hydrogens (tertiary/aromatic N) is 2. The number of guanidine groups is 1. The van der Waals surface area contributed by atoms with E-state index in [9.17, 15) is 52.7 Å². The standard InChI is InChI=1S/C32H41N5O5.C31H37NO6/c1-20(36-37-32(33)34)25-13-24(14-26(16-25)21(2)38)15-30(41)11-9-7-5-6-8-10-12-31(42)35-29-18-27(22(3)39)17-28(19-29)23(4)40;1-20(33)25-13-24(14-26(16-25)21(2)34)15-30(37)11-9-7-5-6-8-10-12-31(38)32-29-18-27(22(3)35)17-28(19-29)23(4)36/h13-14,16-19H,5-12,15H2,1-4H3,(H,35,42)(H4,33,34,37);13-14,16-19H,5-12,15H2,1-4H3,(H,32,38)/b36-20+;. The quantitative estimate of drug-likeness (QED) is 0.0114. The van der Waals surface area contributed by atoms with Gasteiger partial charge in [0, 0.05) is 88.8 Å². The van der Waals surface area contributed by atoms with Crippen molar-refractivity contribution >= 4 is 86.9 Å². The van der Waals surface area contributed by atoms with Crippen LogP contribution in [0.5, 0.6) is 0 Å². The van der Waals surface area contributed by atoms with Crippen molar-refractivity contribution in [1.29, 1.82) is 0 Å². The predicted octanol–water partition coefficient (Wildman–Crippen LogP) is 11.5. The van der Waals surface area contributed by atoms with Gasteiger partial charge in [-0.2, -0.15) is 5.10 Å². The Hall–Kier alpha value is -8.21. The number of hydrogen-bond donors (Lipinski definition) is 4. The molecule has 0 aliphatic rings. The van der Waals surface area contributed by atoms with Gasteiger partial charge in [-0.05, 0) is 171 Å². The maximum atomic E-state index is 12.6. The van der Waals surface area contributed by atoms with Gasteiger partial charge >= 0.3 is 0 Å². The van der Waals surface area contributed by atoms with Crippen LogP contribution in [0.4, 0.5) is 11.4 Å². The third-order valence-electron chi connectivity index (χ3n) is 13.0. The molecular weight excluding hydrogens is 1020 g/mol. The van der Waals surface area contributed by atoms with Crippen LogP contribution >= 0.6 is 0 Å². The summed E-state index contributed by atoms with van der Waals surface area (Å²) in [6.07, 6.45) is 12.4. The average Bonchev–Trinajstić information content (AvgIpc) is 3.39. The highest BCUT2D eigenvalue weighted by molar-refractivity contribution is 6.05. The molecule has 0 spiro atoms. The summed E-state index contributed by atoms with van der Waals surface area (Å²) in [5, 5.41) is 13.2. The van der Waals surface area contributed by atoms with Crippen LogP contribution < -0.4 is 22.1 Å². The second kappa shape index (κ2) is 33.9. The second-order valence-corrected chi connectivity index (χ2v) is 20.3. The van der Waals surface area contributed by atoms with E-state index in [0.717, 1.165) is 82.6 Å². The fourth-order valence-corrected chi connectivity index (χ4v) is 8.52. The topological polar surface area (TPSA) is 289 Å². The predicted molar refractivity (Wildman–Crippen MR) is 312 cm³/mol. The first-order valence-corrected chi connectivity index (χ1v) is 27.2. The first kappa shape index (κ1) is 66.1. The Balaban J connectivity index is 0.000000422. The van der Waals surface area contributed by atoms with Gasteiger partial charge in [-0.1, -0.05) is 51.4 Å². The molecule has 0 saturated heterocycles. The van der Waals surface area contributed by atoms with Crippen LogP contribution in [-0.2, 0) is 32.0 Å². The van der Waals surface area contributed by atoms with E-state index in [0.29, 0.717) is 92.8 Å². The van der Waals surface area contributed by atoms with Crippen LogP contribution in [0.2, 0.25) is 0 Å². The molecule has 0 unspecified atom stereocenters. The van der Waals surface area contributed by atoms with Gasteiger partial charge in [0.05, 0.1) is 5.71 Å². The minimum Gasteiger partial charge on any atom is -0.369 e. The minimum atomic E-state index is -0.173. The SMILES string of the molecule is CC(=O)c1cc(CC(=O)CCCCCCCCC(=O)Nc2cc(C(C)=O)cc(C(C)=O)c2)cc(C(C)=O)c1.CC(=O)c1cc(NC(=O)CCCCCCCCC(=O)Cc2cc(C(C)=O)cc(/C(C)=N/N=C(N)N)c2)cc(C(C)=O)c1. The Morgan fingerprint density at radius 1 is 0.325 bits per heavy atom. The Labute approximate surface area is 469 Å². The van der Waals surface area contributed by atoms with Crippen molar-refractivity contribution in [2.24, 2.45) is 21.7 Å². The van der Waals surface area contributed by atoms with Gasteiger partial charge in [0.1, 0.15) is 11.6 Å². The number of amides is 2. The van der Waals surface area contributed by atoms with Crippen molar-refractivity contribution in [2.75, 3.05) is 10.6 Å². The first-order valence-electron chi connectivity index (χ1n) is 27.2. The van der Waals surface area contributed by atoms with E-state index >= 15 is 0 Å². The maximum Gasteiger partial charge on any atom is 0.224 e. The van der Waals surface area contributed by atoms with Crippen LogP contribution in [0.1, 0.15) is 247 Å². The van der Waals surface area contributed by atoms with Crippen molar-refractivity contribution < 1.29 is 52.7 Å². The van der Waals surface area contributed by atoms with E-state index < -0.39 is 0 Å². The maximum absolute atomic E-state index is 12.6. The molecule has 4 rings (SSSR count). The molecule has 0 aliphatic carbocycles. The van der Waals surface area contributed by atoms with Crippen LogP contribution in [0.15, 0.2) is 83.0 Å². The van der Waals surface area contributed by atoms with Crippen LogP contribution in [0.25, 0.3) is 0 Å². The Morgan fingerprint density at radius 2 is 0.575 bits per heavy atom. The van der Waals surface area contributed by atoms with Crippen molar-refractivity contribution in [3.05, 3.63) is 128 Å². The van der Waals surface area contributed by atoms with Crippen LogP contribution in [-0.4, -0.2) is 75.5 Å². The van der Waals surface area contributed by atoms with Crippen molar-refractivity contribution in [3.8, 4) is 0 Å². The molecule has 0 heterocycles. The lowest BCUT2D eigenvalue weighted by atomic mass is 9.96. The van der Waals surface area contributed by atoms with Gasteiger partial charge in [-0.15, -0.1) is 5.10 Å². The number of Topliss-reactive ketones (excluding diaryl/α,β-unsaturated/α-hetero) is 9. The number of rotatable bonds is 33.